The van der Waals surface area contributed by atoms with Gasteiger partial charge in [0.2, 0.25) is 0 Å². The molecule has 0 radical (unpaired) electrons. The highest BCUT2D eigenvalue weighted by Crippen LogP contribution is 2.50. The maximum atomic E-state index is 12.7. The Morgan fingerprint density at radius 3 is 1.14 bits per heavy atom. The second-order valence-electron chi connectivity index (χ2n) is 14.9. The van der Waals surface area contributed by atoms with Gasteiger partial charge in [0.05, 0.1) is 6.16 Å². The van der Waals surface area contributed by atoms with E-state index >= 15 is 0 Å². The van der Waals surface area contributed by atoms with E-state index in [0.29, 0.717) is 0 Å². The first-order chi connectivity index (χ1) is 15.8. The van der Waals surface area contributed by atoms with Gasteiger partial charge in [0.25, 0.3) is 0 Å². The standard InChI is InChI=1S/C32H51O3P/c1-20-15-22(29(3,4)5)17-25(31(9,10)11)27(20)24(19-36(33,34)35)28-21(2)16-23(30(6,7)8)18-26(28)32(12,13)14/h15-18,24H,19H2,1-14H3,(H2,33,34,35). The Hall–Kier alpha value is -1.41. The topological polar surface area (TPSA) is 57.5 Å². The molecular formula is C32H51O3P. The van der Waals surface area contributed by atoms with Crippen LogP contribution in [0.4, 0.5) is 0 Å². The largest absolute Gasteiger partial charge is 0.326 e. The Kier molecular flexibility index (Phi) is 8.32. The van der Waals surface area contributed by atoms with Gasteiger partial charge in [-0.05, 0) is 80.0 Å². The van der Waals surface area contributed by atoms with Crippen molar-refractivity contribution in [1.82, 2.24) is 0 Å². The van der Waals surface area contributed by atoms with Crippen LogP contribution in [0.2, 0.25) is 0 Å². The van der Waals surface area contributed by atoms with E-state index in [2.05, 4.69) is 121 Å². The van der Waals surface area contributed by atoms with Crippen molar-refractivity contribution in [2.75, 3.05) is 6.16 Å². The summed E-state index contributed by atoms with van der Waals surface area (Å²) in [6, 6.07) is 9.02. The lowest BCUT2D eigenvalue weighted by molar-refractivity contribution is 0.370. The molecule has 0 atom stereocenters. The fraction of sp³-hybridized carbons (Fsp3) is 0.625. The summed E-state index contributed by atoms with van der Waals surface area (Å²) in [4.78, 5) is 20.7. The molecule has 0 aliphatic rings. The van der Waals surface area contributed by atoms with E-state index in [4.69, 9.17) is 0 Å². The van der Waals surface area contributed by atoms with Crippen LogP contribution in [0.3, 0.4) is 0 Å². The van der Waals surface area contributed by atoms with Crippen LogP contribution in [0, 0.1) is 13.8 Å². The summed E-state index contributed by atoms with van der Waals surface area (Å²) in [7, 11) is -4.33. The van der Waals surface area contributed by atoms with Crippen molar-refractivity contribution >= 4 is 7.60 Å². The van der Waals surface area contributed by atoms with E-state index < -0.39 is 13.5 Å². The molecule has 36 heavy (non-hydrogen) atoms. The summed E-state index contributed by atoms with van der Waals surface area (Å²) in [6.45, 7) is 30.7. The minimum Gasteiger partial charge on any atom is -0.324 e. The molecule has 0 spiro atoms. The zero-order valence-electron chi connectivity index (χ0n) is 25.3. The number of rotatable bonds is 4. The van der Waals surface area contributed by atoms with E-state index in [-0.39, 0.29) is 27.8 Å². The molecule has 2 rings (SSSR count). The molecule has 0 bridgehead atoms. The van der Waals surface area contributed by atoms with E-state index in [9.17, 15) is 14.4 Å². The predicted octanol–water partition coefficient (Wildman–Crippen LogP) is 8.80. The highest BCUT2D eigenvalue weighted by molar-refractivity contribution is 7.51. The zero-order valence-corrected chi connectivity index (χ0v) is 26.2. The quantitative estimate of drug-likeness (QED) is 0.401. The van der Waals surface area contributed by atoms with Gasteiger partial charge in [0, 0.05) is 5.92 Å². The van der Waals surface area contributed by atoms with Crippen molar-refractivity contribution in [3.63, 3.8) is 0 Å². The molecule has 0 unspecified atom stereocenters. The third kappa shape index (κ3) is 7.12. The first kappa shape index (κ1) is 30.8. The van der Waals surface area contributed by atoms with E-state index in [1.54, 1.807) is 0 Å². The molecule has 2 aromatic rings. The van der Waals surface area contributed by atoms with Crippen LogP contribution in [0.25, 0.3) is 0 Å². The monoisotopic (exact) mass is 514 g/mol. The van der Waals surface area contributed by atoms with Crippen molar-refractivity contribution in [3.8, 4) is 0 Å². The van der Waals surface area contributed by atoms with Crippen LogP contribution in [0.15, 0.2) is 24.3 Å². The molecular weight excluding hydrogens is 463 g/mol. The number of hydrogen-bond acceptors (Lipinski definition) is 1. The Labute approximate surface area is 221 Å². The smallest absolute Gasteiger partial charge is 0.324 e. The van der Waals surface area contributed by atoms with Gasteiger partial charge >= 0.3 is 7.60 Å². The van der Waals surface area contributed by atoms with Crippen LogP contribution < -0.4 is 0 Å². The van der Waals surface area contributed by atoms with Gasteiger partial charge in [-0.15, -0.1) is 0 Å². The third-order valence-electron chi connectivity index (χ3n) is 7.24. The van der Waals surface area contributed by atoms with E-state index in [1.165, 1.54) is 22.3 Å². The first-order valence-corrected chi connectivity index (χ1v) is 15.0. The number of benzene rings is 2. The van der Waals surface area contributed by atoms with Gasteiger partial charge in [-0.3, -0.25) is 4.57 Å². The van der Waals surface area contributed by atoms with Crippen molar-refractivity contribution < 1.29 is 14.4 Å². The molecule has 4 heteroatoms. The molecule has 202 valence electrons. The van der Waals surface area contributed by atoms with Gasteiger partial charge in [0.15, 0.2) is 0 Å². The molecule has 0 heterocycles. The van der Waals surface area contributed by atoms with E-state index in [1.807, 2.05) is 0 Å². The van der Waals surface area contributed by atoms with Crippen LogP contribution in [-0.4, -0.2) is 15.9 Å². The van der Waals surface area contributed by atoms with Gasteiger partial charge < -0.3 is 9.79 Å². The maximum absolute atomic E-state index is 12.7. The minimum absolute atomic E-state index is 0.0249. The van der Waals surface area contributed by atoms with E-state index in [0.717, 1.165) is 22.3 Å². The summed E-state index contributed by atoms with van der Waals surface area (Å²) < 4.78 is 12.7. The SMILES string of the molecule is Cc1cc(C(C)(C)C)cc(C(C)(C)C)c1C(CP(=O)(O)O)c1c(C)cc(C(C)(C)C)cc1C(C)(C)C. The highest BCUT2D eigenvalue weighted by atomic mass is 31.2. The van der Waals surface area contributed by atoms with Crippen LogP contribution in [0.1, 0.15) is 134 Å². The minimum atomic E-state index is -4.33. The number of aryl methyl sites for hydroxylation is 2. The molecule has 2 aromatic carbocycles. The lowest BCUT2D eigenvalue weighted by Crippen LogP contribution is -2.26. The average molecular weight is 515 g/mol. The fourth-order valence-electron chi connectivity index (χ4n) is 5.19. The molecule has 3 nitrogen and oxygen atoms in total. The normalized spacial score (nSPS) is 14.0. The van der Waals surface area contributed by atoms with Crippen molar-refractivity contribution in [2.45, 2.75) is 125 Å². The van der Waals surface area contributed by atoms with Crippen LogP contribution in [0.5, 0.6) is 0 Å². The molecule has 0 aliphatic heterocycles. The van der Waals surface area contributed by atoms with Crippen molar-refractivity contribution in [2.24, 2.45) is 0 Å². The molecule has 0 aromatic heterocycles. The molecule has 0 amide bonds. The van der Waals surface area contributed by atoms with Gasteiger partial charge in [-0.25, -0.2) is 0 Å². The molecule has 0 fully saturated rings. The zero-order chi connectivity index (χ0) is 28.2. The first-order valence-electron chi connectivity index (χ1n) is 13.2. The maximum Gasteiger partial charge on any atom is 0.326 e. The predicted molar refractivity (Wildman–Crippen MR) is 156 cm³/mol. The third-order valence-corrected chi connectivity index (χ3v) is 8.08. The summed E-state index contributed by atoms with van der Waals surface area (Å²) in [5, 5.41) is 0. The summed E-state index contributed by atoms with van der Waals surface area (Å²) in [5.74, 6) is -0.405. The van der Waals surface area contributed by atoms with Crippen molar-refractivity contribution in [3.05, 3.63) is 68.8 Å². The van der Waals surface area contributed by atoms with Crippen LogP contribution in [-0.2, 0) is 26.2 Å². The van der Waals surface area contributed by atoms with Gasteiger partial charge in [-0.2, -0.15) is 0 Å². The lowest BCUT2D eigenvalue weighted by Gasteiger charge is -2.36. The molecule has 0 saturated heterocycles. The Morgan fingerprint density at radius 2 is 0.917 bits per heavy atom. The fourth-order valence-corrected chi connectivity index (χ4v) is 6.03. The van der Waals surface area contributed by atoms with Gasteiger partial charge in [-0.1, -0.05) is 107 Å². The highest BCUT2D eigenvalue weighted by Gasteiger charge is 2.36. The Morgan fingerprint density at radius 1 is 0.611 bits per heavy atom. The molecule has 0 saturated carbocycles. The molecule has 0 aliphatic carbocycles. The second-order valence-corrected chi connectivity index (χ2v) is 16.6. The summed E-state index contributed by atoms with van der Waals surface area (Å²) in [6.07, 6.45) is -0.204. The Bertz CT molecular complexity index is 1070. The summed E-state index contributed by atoms with van der Waals surface area (Å²) >= 11 is 0. The average Bonchev–Trinajstić information content (AvgIpc) is 2.61. The second kappa shape index (κ2) is 9.72. The van der Waals surface area contributed by atoms with Crippen molar-refractivity contribution in [1.29, 1.82) is 0 Å². The van der Waals surface area contributed by atoms with Gasteiger partial charge in [0.1, 0.15) is 0 Å². The Balaban J connectivity index is 3.11. The lowest BCUT2D eigenvalue weighted by atomic mass is 9.69. The number of hydrogen-bond donors (Lipinski definition) is 2. The molecule has 2 N–H and O–H groups in total. The van der Waals surface area contributed by atoms with Crippen LogP contribution >= 0.6 is 7.60 Å². The summed E-state index contributed by atoms with van der Waals surface area (Å²) in [5.41, 5.74) is 8.76.